The van der Waals surface area contributed by atoms with Crippen LogP contribution in [0.2, 0.25) is 0 Å². The number of carbonyl (C=O) groups is 1. The van der Waals surface area contributed by atoms with Gasteiger partial charge in [-0.15, -0.1) is 0 Å². The fourth-order valence-corrected chi connectivity index (χ4v) is 4.41. The molecule has 3 aromatic carbocycles. The number of aromatic hydroxyl groups is 1. The maximum absolute atomic E-state index is 12.7. The van der Waals surface area contributed by atoms with Gasteiger partial charge in [0.25, 0.3) is 5.91 Å². The molecule has 1 amide bonds. The van der Waals surface area contributed by atoms with Gasteiger partial charge in [-0.3, -0.25) is 14.9 Å². The van der Waals surface area contributed by atoms with E-state index in [9.17, 15) is 20.0 Å². The highest BCUT2D eigenvalue weighted by Crippen LogP contribution is 2.41. The third-order valence-corrected chi connectivity index (χ3v) is 6.10. The molecular formula is C25H21N3O6. The Morgan fingerprint density at radius 3 is 2.74 bits per heavy atom. The molecule has 9 heteroatoms. The Balaban J connectivity index is 1.47. The predicted octanol–water partition coefficient (Wildman–Crippen LogP) is 4.85. The van der Waals surface area contributed by atoms with Crippen LogP contribution in [0.15, 0.2) is 52.0 Å². The second-order valence-electron chi connectivity index (χ2n) is 8.13. The van der Waals surface area contributed by atoms with Crippen molar-refractivity contribution in [2.24, 2.45) is 5.10 Å². The summed E-state index contributed by atoms with van der Waals surface area (Å²) in [5.41, 5.74) is 3.76. The van der Waals surface area contributed by atoms with E-state index in [1.54, 1.807) is 19.2 Å². The number of hydrazone groups is 1. The number of benzene rings is 3. The minimum absolute atomic E-state index is 0.155. The smallest absolute Gasteiger partial charge is 0.315 e. The Bertz CT molecular complexity index is 1490. The molecule has 0 saturated carbocycles. The first kappa shape index (κ1) is 21.4. The van der Waals surface area contributed by atoms with Crippen molar-refractivity contribution in [1.29, 1.82) is 0 Å². The van der Waals surface area contributed by atoms with Crippen LogP contribution >= 0.6 is 0 Å². The van der Waals surface area contributed by atoms with Gasteiger partial charge in [-0.05, 0) is 54.3 Å². The van der Waals surface area contributed by atoms with Gasteiger partial charge in [0.15, 0.2) is 0 Å². The lowest BCUT2D eigenvalue weighted by molar-refractivity contribution is -0.385. The molecule has 1 aliphatic rings. The summed E-state index contributed by atoms with van der Waals surface area (Å²) in [6, 6.07) is 12.0. The first-order valence-electron chi connectivity index (χ1n) is 10.8. The lowest BCUT2D eigenvalue weighted by Crippen LogP contribution is -2.17. The number of ether oxygens (including phenoxy) is 1. The number of methoxy groups -OCH3 is 1. The number of nitro benzene ring substituents is 1. The molecule has 2 N–H and O–H groups in total. The number of furan rings is 1. The van der Waals surface area contributed by atoms with Crippen molar-refractivity contribution in [2.75, 3.05) is 7.11 Å². The summed E-state index contributed by atoms with van der Waals surface area (Å²) in [4.78, 5) is 23.5. The van der Waals surface area contributed by atoms with E-state index in [0.29, 0.717) is 16.5 Å². The largest absolute Gasteiger partial charge is 0.502 e. The van der Waals surface area contributed by atoms with Crippen LogP contribution in [0.1, 0.15) is 40.1 Å². The Hall–Kier alpha value is -4.40. The summed E-state index contributed by atoms with van der Waals surface area (Å²) < 4.78 is 11.1. The number of hydrogen-bond donors (Lipinski definition) is 2. The van der Waals surface area contributed by atoms with E-state index in [4.69, 9.17) is 9.15 Å². The summed E-state index contributed by atoms with van der Waals surface area (Å²) in [7, 11) is 1.59. The number of hydrogen-bond acceptors (Lipinski definition) is 7. The first-order chi connectivity index (χ1) is 16.5. The fourth-order valence-electron chi connectivity index (χ4n) is 4.41. The summed E-state index contributed by atoms with van der Waals surface area (Å²) in [5, 5.41) is 28.5. The maximum Gasteiger partial charge on any atom is 0.315 e. The second-order valence-corrected chi connectivity index (χ2v) is 8.13. The molecule has 0 radical (unpaired) electrons. The van der Waals surface area contributed by atoms with Crippen LogP contribution in [0.4, 0.5) is 5.69 Å². The highest BCUT2D eigenvalue weighted by Gasteiger charge is 2.27. The topological polar surface area (TPSA) is 127 Å². The first-order valence-corrected chi connectivity index (χ1v) is 10.8. The highest BCUT2D eigenvalue weighted by molar-refractivity contribution is 6.05. The number of aryl methyl sites for hydroxylation is 2. The fraction of sp³-hybridized carbons (Fsp3) is 0.200. The number of fused-ring (bicyclic) bond motifs is 4. The zero-order valence-electron chi connectivity index (χ0n) is 18.3. The van der Waals surface area contributed by atoms with Crippen molar-refractivity contribution in [2.45, 2.75) is 25.7 Å². The zero-order valence-corrected chi connectivity index (χ0v) is 18.3. The van der Waals surface area contributed by atoms with Gasteiger partial charge in [0.1, 0.15) is 17.1 Å². The van der Waals surface area contributed by atoms with E-state index < -0.39 is 22.3 Å². The molecule has 0 bridgehead atoms. The van der Waals surface area contributed by atoms with E-state index in [1.165, 1.54) is 12.3 Å². The number of phenols is 1. The van der Waals surface area contributed by atoms with Crippen molar-refractivity contribution in [3.05, 3.63) is 75.0 Å². The average Bonchev–Trinajstić information content (AvgIpc) is 3.22. The normalized spacial score (nSPS) is 13.3. The highest BCUT2D eigenvalue weighted by atomic mass is 16.6. The molecule has 0 saturated heterocycles. The number of phenolic OH excluding ortho intramolecular Hbond substituents is 1. The molecule has 0 fully saturated rings. The molecule has 34 heavy (non-hydrogen) atoms. The van der Waals surface area contributed by atoms with Gasteiger partial charge in [0.05, 0.1) is 29.9 Å². The van der Waals surface area contributed by atoms with Crippen molar-refractivity contribution in [3.63, 3.8) is 0 Å². The molecule has 4 aromatic rings. The standard InChI is InChI=1S/C25H21N3O6/c1-33-17-9-8-14-10-16(7-6-15(14)11-17)25(30)27-26-13-19-23-18-4-2-3-5-21(18)34-22(23)12-20(24(19)29)28(31)32/h6-13,29H,2-5H2,1H3,(H,27,30)/b26-13-. The summed E-state index contributed by atoms with van der Waals surface area (Å²) >= 11 is 0. The number of nitrogens with one attached hydrogen (secondary N) is 1. The number of nitro groups is 1. The molecule has 1 heterocycles. The Labute approximate surface area is 193 Å². The van der Waals surface area contributed by atoms with Gasteiger partial charge < -0.3 is 14.3 Å². The Kier molecular flexibility index (Phi) is 5.37. The number of carbonyl (C=O) groups excluding carboxylic acids is 1. The van der Waals surface area contributed by atoms with Gasteiger partial charge in [0.2, 0.25) is 5.75 Å². The van der Waals surface area contributed by atoms with Crippen LogP contribution in [0.25, 0.3) is 21.7 Å². The van der Waals surface area contributed by atoms with Crippen LogP contribution in [0.3, 0.4) is 0 Å². The SMILES string of the molecule is COc1ccc2cc(C(=O)N/N=C\c3c(O)c([N+](=O)[O-])cc4oc5c(c34)CCCC5)ccc2c1. The van der Waals surface area contributed by atoms with E-state index in [-0.39, 0.29) is 5.56 Å². The van der Waals surface area contributed by atoms with E-state index >= 15 is 0 Å². The number of amides is 1. The van der Waals surface area contributed by atoms with Crippen LogP contribution in [-0.2, 0) is 12.8 Å². The van der Waals surface area contributed by atoms with E-state index in [0.717, 1.165) is 53.5 Å². The van der Waals surface area contributed by atoms with Gasteiger partial charge in [-0.2, -0.15) is 5.10 Å². The molecule has 1 aromatic heterocycles. The van der Waals surface area contributed by atoms with E-state index in [1.807, 2.05) is 24.3 Å². The van der Waals surface area contributed by atoms with Gasteiger partial charge in [-0.25, -0.2) is 5.43 Å². The molecule has 0 aliphatic heterocycles. The second kappa shape index (κ2) is 8.51. The van der Waals surface area contributed by atoms with Crippen molar-refractivity contribution < 1.29 is 24.0 Å². The van der Waals surface area contributed by atoms with Crippen molar-refractivity contribution in [3.8, 4) is 11.5 Å². The van der Waals surface area contributed by atoms with E-state index in [2.05, 4.69) is 10.5 Å². The Morgan fingerprint density at radius 1 is 1.18 bits per heavy atom. The molecule has 9 nitrogen and oxygen atoms in total. The van der Waals surface area contributed by atoms with Gasteiger partial charge in [0, 0.05) is 22.9 Å². The number of rotatable bonds is 5. The summed E-state index contributed by atoms with van der Waals surface area (Å²) in [6.45, 7) is 0. The maximum atomic E-state index is 12.7. The lowest BCUT2D eigenvalue weighted by atomic mass is 9.93. The monoisotopic (exact) mass is 459 g/mol. The third kappa shape index (κ3) is 3.71. The van der Waals surface area contributed by atoms with Crippen molar-refractivity contribution >= 4 is 39.6 Å². The lowest BCUT2D eigenvalue weighted by Gasteiger charge is -2.10. The molecule has 0 unspecified atom stereocenters. The van der Waals surface area contributed by atoms with Crippen molar-refractivity contribution in [1.82, 2.24) is 5.43 Å². The average molecular weight is 459 g/mol. The molecular weight excluding hydrogens is 438 g/mol. The molecule has 172 valence electrons. The minimum Gasteiger partial charge on any atom is -0.502 e. The van der Waals surface area contributed by atoms with Crippen LogP contribution in [0.5, 0.6) is 11.5 Å². The zero-order chi connectivity index (χ0) is 23.8. The van der Waals surface area contributed by atoms with Gasteiger partial charge >= 0.3 is 5.69 Å². The molecule has 1 aliphatic carbocycles. The van der Waals surface area contributed by atoms with Crippen LogP contribution in [-0.4, -0.2) is 29.3 Å². The van der Waals surface area contributed by atoms with Crippen LogP contribution < -0.4 is 10.2 Å². The van der Waals surface area contributed by atoms with Crippen LogP contribution in [0, 0.1) is 10.1 Å². The quantitative estimate of drug-likeness (QED) is 0.249. The molecule has 0 atom stereocenters. The third-order valence-electron chi connectivity index (χ3n) is 6.10. The molecule has 0 spiro atoms. The predicted molar refractivity (Wildman–Crippen MR) is 127 cm³/mol. The summed E-state index contributed by atoms with van der Waals surface area (Å²) in [6.07, 6.45) is 4.65. The van der Waals surface area contributed by atoms with Gasteiger partial charge in [-0.1, -0.05) is 12.1 Å². The number of nitrogens with zero attached hydrogens (tertiary/aromatic N) is 2. The Morgan fingerprint density at radius 2 is 1.94 bits per heavy atom. The molecule has 5 rings (SSSR count). The summed E-state index contributed by atoms with van der Waals surface area (Å²) in [5.74, 6) is 0.528. The minimum atomic E-state index is -0.670.